The topological polar surface area (TPSA) is 71.1 Å². The van der Waals surface area contributed by atoms with Crippen molar-refractivity contribution in [2.75, 3.05) is 13.6 Å². The molecule has 4 rings (SSSR count). The van der Waals surface area contributed by atoms with Crippen LogP contribution in [0.4, 0.5) is 0 Å². The normalized spacial score (nSPS) is 11.0. The van der Waals surface area contributed by atoms with E-state index in [9.17, 15) is 9.59 Å². The smallest absolute Gasteiger partial charge is 0.253 e. The molecule has 168 valence electrons. The number of nitrogens with zero attached hydrogens (tertiary/aromatic N) is 3. The number of aromatic nitrogens is 2. The number of rotatable bonds is 8. The van der Waals surface area contributed by atoms with E-state index in [0.717, 1.165) is 11.0 Å². The molecule has 4 aromatic rings. The zero-order valence-corrected chi connectivity index (χ0v) is 19.1. The van der Waals surface area contributed by atoms with E-state index in [1.54, 1.807) is 46.8 Å². The molecule has 0 aliphatic rings. The van der Waals surface area contributed by atoms with E-state index in [2.05, 4.69) is 0 Å². The molecule has 0 bridgehead atoms. The number of aryl methyl sites for hydroxylation is 1. The molecule has 33 heavy (non-hydrogen) atoms. The van der Waals surface area contributed by atoms with Crippen molar-refractivity contribution >= 4 is 34.3 Å². The first-order valence-corrected chi connectivity index (χ1v) is 11.2. The lowest BCUT2D eigenvalue weighted by molar-refractivity contribution is 0.0791. The van der Waals surface area contributed by atoms with Gasteiger partial charge in [0.25, 0.3) is 5.91 Å². The van der Waals surface area contributed by atoms with Crippen LogP contribution in [-0.4, -0.2) is 39.3 Å². The number of ketones is 1. The number of hydrogen-bond donors (Lipinski definition) is 1. The summed E-state index contributed by atoms with van der Waals surface area (Å²) in [6, 6.07) is 23.7. The van der Waals surface area contributed by atoms with E-state index in [0.29, 0.717) is 35.7 Å². The molecule has 0 fully saturated rings. The van der Waals surface area contributed by atoms with E-state index in [1.807, 2.05) is 53.1 Å². The number of para-hydroxylation sites is 1. The zero-order chi connectivity index (χ0) is 23.4. The third kappa shape index (κ3) is 4.76. The van der Waals surface area contributed by atoms with Crippen molar-refractivity contribution in [2.24, 2.45) is 0 Å². The Kier molecular flexibility index (Phi) is 6.75. The first-order valence-electron chi connectivity index (χ1n) is 10.8. The van der Waals surface area contributed by atoms with E-state index in [-0.39, 0.29) is 23.9 Å². The first-order chi connectivity index (χ1) is 16.0. The summed E-state index contributed by atoms with van der Waals surface area (Å²) >= 11 is 6.51. The summed E-state index contributed by atoms with van der Waals surface area (Å²) in [4.78, 5) is 27.1. The molecule has 1 amide bonds. The molecule has 0 atom stereocenters. The summed E-state index contributed by atoms with van der Waals surface area (Å²) in [5.74, 6) is -0.109. The molecule has 0 aliphatic heterocycles. The Balaban J connectivity index is 1.55. The number of imidazole rings is 1. The van der Waals surface area contributed by atoms with Crippen molar-refractivity contribution in [1.82, 2.24) is 14.0 Å². The van der Waals surface area contributed by atoms with Gasteiger partial charge in [-0.25, -0.2) is 0 Å². The molecule has 0 saturated carbocycles. The van der Waals surface area contributed by atoms with E-state index in [1.165, 1.54) is 0 Å². The highest BCUT2D eigenvalue weighted by molar-refractivity contribution is 6.35. The Labute approximate surface area is 197 Å². The van der Waals surface area contributed by atoms with E-state index >= 15 is 0 Å². The van der Waals surface area contributed by atoms with Crippen LogP contribution in [0.15, 0.2) is 78.9 Å². The summed E-state index contributed by atoms with van der Waals surface area (Å²) in [5, 5.41) is 9.30. The summed E-state index contributed by atoms with van der Waals surface area (Å²) in [6.07, 6.45) is 0.641. The largest absolute Gasteiger partial charge is 0.342 e. The van der Waals surface area contributed by atoms with Gasteiger partial charge >= 0.3 is 0 Å². The molecule has 3 aromatic carbocycles. The van der Waals surface area contributed by atoms with E-state index in [4.69, 9.17) is 17.0 Å². The van der Waals surface area contributed by atoms with Crippen LogP contribution in [0, 0.1) is 5.41 Å². The number of carbonyl (C=O) groups is 2. The summed E-state index contributed by atoms with van der Waals surface area (Å²) in [7, 11) is 1.77. The monoisotopic (exact) mass is 460 g/mol. The minimum Gasteiger partial charge on any atom is -0.342 e. The molecule has 6 nitrogen and oxygen atoms in total. The Morgan fingerprint density at radius 3 is 2.18 bits per heavy atom. The highest BCUT2D eigenvalue weighted by atomic mass is 35.5. The highest BCUT2D eigenvalue weighted by Crippen LogP contribution is 2.23. The fraction of sp³-hybridized carbons (Fsp3) is 0.192. The van der Waals surface area contributed by atoms with Crippen molar-refractivity contribution < 1.29 is 9.59 Å². The number of carbonyl (C=O) groups excluding carboxylic acids is 2. The summed E-state index contributed by atoms with van der Waals surface area (Å²) in [6.45, 7) is 1.08. The molecular weight excluding hydrogens is 436 g/mol. The number of amides is 1. The Bertz CT molecular complexity index is 1340. The Hall–Kier alpha value is -3.64. The van der Waals surface area contributed by atoms with Gasteiger partial charge in [0.2, 0.25) is 5.62 Å². The molecule has 0 aliphatic carbocycles. The SMILES string of the molecule is CN(CCCn1c(=N)n(CC(=O)c2ccccc2)c2cccc(Cl)c21)C(=O)c1ccccc1. The molecule has 0 unspecified atom stereocenters. The number of fused-ring (bicyclic) bond motifs is 1. The van der Waals surface area contributed by atoms with Crippen LogP contribution in [0.2, 0.25) is 5.02 Å². The highest BCUT2D eigenvalue weighted by Gasteiger charge is 2.17. The third-order valence-electron chi connectivity index (χ3n) is 5.68. The van der Waals surface area contributed by atoms with Crippen LogP contribution in [0.3, 0.4) is 0 Å². The second kappa shape index (κ2) is 9.88. The second-order valence-corrected chi connectivity index (χ2v) is 8.31. The predicted octanol–water partition coefficient (Wildman–Crippen LogP) is 4.62. The quantitative estimate of drug-likeness (QED) is 0.390. The standard InChI is InChI=1S/C26H25ClN4O2/c1-29(25(33)20-12-6-3-7-13-20)16-9-17-30-24-21(27)14-8-15-22(24)31(26(30)28)18-23(32)19-10-4-2-5-11-19/h2-8,10-15,28H,9,16-18H2,1H3. The van der Waals surface area contributed by atoms with Gasteiger partial charge in [0.05, 0.1) is 22.6 Å². The fourth-order valence-electron chi connectivity index (χ4n) is 3.96. The van der Waals surface area contributed by atoms with Crippen molar-refractivity contribution in [3.63, 3.8) is 0 Å². The molecule has 0 radical (unpaired) electrons. The van der Waals surface area contributed by atoms with E-state index < -0.39 is 0 Å². The maximum atomic E-state index is 12.8. The van der Waals surface area contributed by atoms with Gasteiger partial charge in [-0.1, -0.05) is 66.2 Å². The van der Waals surface area contributed by atoms with Gasteiger partial charge in [-0.3, -0.25) is 15.0 Å². The van der Waals surface area contributed by atoms with Crippen molar-refractivity contribution in [3.8, 4) is 0 Å². The van der Waals surface area contributed by atoms with Gasteiger partial charge in [-0.2, -0.15) is 0 Å². The van der Waals surface area contributed by atoms with Gasteiger partial charge in [0.1, 0.15) is 0 Å². The summed E-state index contributed by atoms with van der Waals surface area (Å²) in [5.41, 5.74) is 2.92. The Morgan fingerprint density at radius 1 is 0.879 bits per heavy atom. The van der Waals surface area contributed by atoms with Gasteiger partial charge in [-0.15, -0.1) is 0 Å². The fourth-order valence-corrected chi connectivity index (χ4v) is 4.23. The van der Waals surface area contributed by atoms with Crippen molar-refractivity contribution in [1.29, 1.82) is 5.41 Å². The first kappa shape index (κ1) is 22.6. The minimum atomic E-state index is -0.0682. The van der Waals surface area contributed by atoms with Crippen LogP contribution in [-0.2, 0) is 13.1 Å². The minimum absolute atomic E-state index is 0.0411. The van der Waals surface area contributed by atoms with Gasteiger partial charge in [-0.05, 0) is 30.7 Å². The van der Waals surface area contributed by atoms with Crippen molar-refractivity contribution in [2.45, 2.75) is 19.5 Å². The molecule has 1 heterocycles. The molecule has 7 heteroatoms. The van der Waals surface area contributed by atoms with Gasteiger partial charge in [0.15, 0.2) is 5.78 Å². The van der Waals surface area contributed by atoms with Gasteiger partial charge < -0.3 is 14.0 Å². The molecule has 1 N–H and O–H groups in total. The van der Waals surface area contributed by atoms with Crippen LogP contribution >= 0.6 is 11.6 Å². The molecule has 0 spiro atoms. The van der Waals surface area contributed by atoms with Crippen LogP contribution in [0.5, 0.6) is 0 Å². The molecular formula is C26H25ClN4O2. The average Bonchev–Trinajstić information content (AvgIpc) is 3.11. The lowest BCUT2D eigenvalue weighted by Crippen LogP contribution is -2.30. The number of nitrogens with one attached hydrogen (secondary N) is 1. The van der Waals surface area contributed by atoms with Gasteiger partial charge in [0, 0.05) is 31.3 Å². The number of hydrogen-bond acceptors (Lipinski definition) is 3. The number of Topliss-reactive ketones (excluding diaryl/α,β-unsaturated/α-hetero) is 1. The summed E-state index contributed by atoms with van der Waals surface area (Å²) < 4.78 is 3.51. The second-order valence-electron chi connectivity index (χ2n) is 7.90. The molecule has 1 aromatic heterocycles. The van der Waals surface area contributed by atoms with Crippen LogP contribution in [0.1, 0.15) is 27.1 Å². The maximum absolute atomic E-state index is 12.8. The predicted molar refractivity (Wildman–Crippen MR) is 130 cm³/mol. The number of benzene rings is 3. The Morgan fingerprint density at radius 2 is 1.52 bits per heavy atom. The van der Waals surface area contributed by atoms with Crippen LogP contribution < -0.4 is 5.62 Å². The van der Waals surface area contributed by atoms with Crippen LogP contribution in [0.25, 0.3) is 11.0 Å². The number of halogens is 1. The molecule has 0 saturated heterocycles. The maximum Gasteiger partial charge on any atom is 0.253 e. The lowest BCUT2D eigenvalue weighted by Gasteiger charge is -2.17. The third-order valence-corrected chi connectivity index (χ3v) is 5.98. The lowest BCUT2D eigenvalue weighted by atomic mass is 10.1. The zero-order valence-electron chi connectivity index (χ0n) is 18.4. The van der Waals surface area contributed by atoms with Crippen molar-refractivity contribution in [3.05, 3.63) is 101 Å². The average molecular weight is 461 g/mol.